The Morgan fingerprint density at radius 3 is 2.36 bits per heavy atom. The van der Waals surface area contributed by atoms with E-state index in [-0.39, 0.29) is 22.3 Å². The minimum Gasteiger partial charge on any atom is -0.508 e. The summed E-state index contributed by atoms with van der Waals surface area (Å²) in [5.74, 6) is -0.258. The molecule has 0 radical (unpaired) electrons. The van der Waals surface area contributed by atoms with E-state index in [1.165, 1.54) is 18.2 Å². The minimum atomic E-state index is -4.49. The molecule has 150 valence electrons. The van der Waals surface area contributed by atoms with Crippen LogP contribution < -0.4 is 10.2 Å². The van der Waals surface area contributed by atoms with Crippen molar-refractivity contribution in [1.82, 2.24) is 5.32 Å². The van der Waals surface area contributed by atoms with E-state index in [4.69, 9.17) is 12.2 Å². The smallest absolute Gasteiger partial charge is 0.416 e. The first-order chi connectivity index (χ1) is 12.8. The Balaban J connectivity index is 2.20. The molecule has 0 spiro atoms. The molecule has 3 rings (SSSR count). The van der Waals surface area contributed by atoms with Gasteiger partial charge in [0.15, 0.2) is 5.11 Å². The SMILES string of the molecule is CC1(C)C[C@@](C)(c2ccc(O)cc2O)N(c2cccc(C(F)(F)F)c2)C(=S)N1. The molecule has 1 heterocycles. The molecule has 0 unspecified atom stereocenters. The molecule has 0 bridgehead atoms. The maximum Gasteiger partial charge on any atom is 0.416 e. The molecule has 8 heteroatoms. The van der Waals surface area contributed by atoms with E-state index in [9.17, 15) is 23.4 Å². The average molecular weight is 410 g/mol. The molecule has 28 heavy (non-hydrogen) atoms. The van der Waals surface area contributed by atoms with Crippen molar-refractivity contribution >= 4 is 23.0 Å². The number of aromatic hydroxyl groups is 2. The summed E-state index contributed by atoms with van der Waals surface area (Å²) in [5.41, 5.74) is -1.48. The Morgan fingerprint density at radius 1 is 1.07 bits per heavy atom. The van der Waals surface area contributed by atoms with Crippen LogP contribution in [0.25, 0.3) is 0 Å². The van der Waals surface area contributed by atoms with Crippen LogP contribution in [0.1, 0.15) is 38.3 Å². The van der Waals surface area contributed by atoms with Crippen molar-refractivity contribution in [1.29, 1.82) is 0 Å². The van der Waals surface area contributed by atoms with Crippen molar-refractivity contribution in [2.45, 2.75) is 44.4 Å². The van der Waals surface area contributed by atoms with Crippen molar-refractivity contribution < 1.29 is 23.4 Å². The van der Waals surface area contributed by atoms with Crippen molar-refractivity contribution in [3.63, 3.8) is 0 Å². The number of hydrogen-bond donors (Lipinski definition) is 3. The third kappa shape index (κ3) is 3.61. The molecular formula is C20H21F3N2O2S. The number of benzene rings is 2. The summed E-state index contributed by atoms with van der Waals surface area (Å²) in [6.45, 7) is 5.67. The second kappa shape index (κ2) is 6.55. The molecule has 1 saturated heterocycles. The van der Waals surface area contributed by atoms with Crippen LogP contribution in [0.4, 0.5) is 18.9 Å². The fraction of sp³-hybridized carbons (Fsp3) is 0.350. The number of anilines is 1. The highest BCUT2D eigenvalue weighted by molar-refractivity contribution is 7.80. The molecule has 0 amide bonds. The molecule has 1 aliphatic rings. The van der Waals surface area contributed by atoms with Gasteiger partial charge in [-0.05, 0) is 69.7 Å². The second-order valence-corrected chi connectivity index (χ2v) is 8.24. The van der Waals surface area contributed by atoms with Crippen molar-refractivity contribution in [3.05, 3.63) is 53.6 Å². The van der Waals surface area contributed by atoms with Crippen molar-refractivity contribution in [2.75, 3.05) is 4.90 Å². The van der Waals surface area contributed by atoms with E-state index < -0.39 is 22.8 Å². The zero-order valence-corrected chi connectivity index (χ0v) is 16.4. The van der Waals surface area contributed by atoms with Gasteiger partial charge in [-0.25, -0.2) is 0 Å². The Hall–Kier alpha value is -2.48. The molecule has 1 atom stereocenters. The van der Waals surface area contributed by atoms with Gasteiger partial charge in [0, 0.05) is 22.9 Å². The predicted molar refractivity (Wildman–Crippen MR) is 105 cm³/mol. The zero-order valence-electron chi connectivity index (χ0n) is 15.6. The van der Waals surface area contributed by atoms with E-state index in [0.717, 1.165) is 12.1 Å². The normalized spacial score (nSPS) is 22.1. The van der Waals surface area contributed by atoms with Gasteiger partial charge in [0.2, 0.25) is 0 Å². The number of thiocarbonyl (C=S) groups is 1. The second-order valence-electron chi connectivity index (χ2n) is 7.85. The number of hydrogen-bond acceptors (Lipinski definition) is 3. The number of nitrogens with zero attached hydrogens (tertiary/aromatic N) is 1. The number of halogens is 3. The van der Waals surface area contributed by atoms with Crippen molar-refractivity contribution in [2.24, 2.45) is 0 Å². The van der Waals surface area contributed by atoms with Crippen LogP contribution in [0.3, 0.4) is 0 Å². The average Bonchev–Trinajstić information content (AvgIpc) is 2.52. The van der Waals surface area contributed by atoms with Gasteiger partial charge in [-0.1, -0.05) is 6.07 Å². The van der Waals surface area contributed by atoms with Gasteiger partial charge >= 0.3 is 6.18 Å². The van der Waals surface area contributed by atoms with Gasteiger partial charge in [0.25, 0.3) is 0 Å². The van der Waals surface area contributed by atoms with Gasteiger partial charge in [0.05, 0.1) is 11.1 Å². The Kier molecular flexibility index (Phi) is 4.74. The Morgan fingerprint density at radius 2 is 1.75 bits per heavy atom. The summed E-state index contributed by atoms with van der Waals surface area (Å²) in [6.07, 6.45) is -4.05. The van der Waals surface area contributed by atoms with Crippen LogP contribution in [-0.2, 0) is 11.7 Å². The Bertz CT molecular complexity index is 930. The first kappa shape index (κ1) is 20.3. The largest absolute Gasteiger partial charge is 0.508 e. The van der Waals surface area contributed by atoms with Crippen LogP contribution in [0.15, 0.2) is 42.5 Å². The monoisotopic (exact) mass is 410 g/mol. The lowest BCUT2D eigenvalue weighted by atomic mass is 9.76. The lowest BCUT2D eigenvalue weighted by molar-refractivity contribution is -0.137. The summed E-state index contributed by atoms with van der Waals surface area (Å²) in [5, 5.41) is 23.5. The van der Waals surface area contributed by atoms with E-state index in [1.807, 2.05) is 20.8 Å². The predicted octanol–water partition coefficient (Wildman–Crippen LogP) is 4.90. The van der Waals surface area contributed by atoms with Gasteiger partial charge in [0.1, 0.15) is 11.5 Å². The minimum absolute atomic E-state index is 0.105. The molecule has 1 fully saturated rings. The topological polar surface area (TPSA) is 55.7 Å². The number of rotatable bonds is 2. The Labute approximate surface area is 166 Å². The summed E-state index contributed by atoms with van der Waals surface area (Å²) >= 11 is 5.52. The number of phenols is 2. The van der Waals surface area contributed by atoms with E-state index >= 15 is 0 Å². The molecule has 0 aliphatic carbocycles. The summed E-state index contributed by atoms with van der Waals surface area (Å²) < 4.78 is 39.7. The van der Waals surface area contributed by atoms with Gasteiger partial charge in [-0.15, -0.1) is 0 Å². The third-order valence-corrected chi connectivity index (χ3v) is 5.21. The lowest BCUT2D eigenvalue weighted by Gasteiger charge is -2.53. The summed E-state index contributed by atoms with van der Waals surface area (Å²) in [4.78, 5) is 1.59. The van der Waals surface area contributed by atoms with Crippen molar-refractivity contribution in [3.8, 4) is 11.5 Å². The molecule has 1 aliphatic heterocycles. The quantitative estimate of drug-likeness (QED) is 0.615. The highest BCUT2D eigenvalue weighted by atomic mass is 32.1. The van der Waals surface area contributed by atoms with E-state index in [0.29, 0.717) is 12.0 Å². The molecule has 4 nitrogen and oxygen atoms in total. The number of nitrogens with one attached hydrogen (secondary N) is 1. The first-order valence-electron chi connectivity index (χ1n) is 8.66. The maximum absolute atomic E-state index is 13.2. The standard InChI is InChI=1S/C20H21F3N2O2S/c1-18(2)11-19(3,15-8-7-14(26)10-16(15)27)25(17(28)24-18)13-6-4-5-12(9-13)20(21,22)23/h4-10,26-27H,11H2,1-3H3,(H,24,28)/t19-/m0/s1. The molecule has 0 saturated carbocycles. The molecule has 3 N–H and O–H groups in total. The van der Waals surface area contributed by atoms with Crippen LogP contribution in [0.2, 0.25) is 0 Å². The maximum atomic E-state index is 13.2. The number of phenolic OH excluding ortho intramolecular Hbond substituents is 2. The molecular weight excluding hydrogens is 389 g/mol. The lowest BCUT2D eigenvalue weighted by Crippen LogP contribution is -2.65. The summed E-state index contributed by atoms with van der Waals surface area (Å²) in [6, 6.07) is 9.14. The first-order valence-corrected chi connectivity index (χ1v) is 9.06. The number of alkyl halides is 3. The van der Waals surface area contributed by atoms with Crippen LogP contribution in [-0.4, -0.2) is 20.9 Å². The molecule has 0 aromatic heterocycles. The fourth-order valence-electron chi connectivity index (χ4n) is 3.97. The molecule has 2 aromatic rings. The van der Waals surface area contributed by atoms with E-state index in [2.05, 4.69) is 5.32 Å². The third-order valence-electron chi connectivity index (χ3n) is 4.92. The highest BCUT2D eigenvalue weighted by Gasteiger charge is 2.47. The molecule has 2 aromatic carbocycles. The van der Waals surface area contributed by atoms with Crippen LogP contribution in [0.5, 0.6) is 11.5 Å². The fourth-order valence-corrected chi connectivity index (χ4v) is 4.55. The highest BCUT2D eigenvalue weighted by Crippen LogP contribution is 2.46. The van der Waals surface area contributed by atoms with Gasteiger partial charge in [-0.2, -0.15) is 13.2 Å². The van der Waals surface area contributed by atoms with E-state index in [1.54, 1.807) is 17.0 Å². The van der Waals surface area contributed by atoms with Crippen LogP contribution >= 0.6 is 12.2 Å². The zero-order chi connectivity index (χ0) is 20.9. The van der Waals surface area contributed by atoms with Gasteiger partial charge in [-0.3, -0.25) is 0 Å². The van der Waals surface area contributed by atoms with Crippen LogP contribution in [0, 0.1) is 0 Å². The van der Waals surface area contributed by atoms with Gasteiger partial charge < -0.3 is 20.4 Å². The summed E-state index contributed by atoms with van der Waals surface area (Å²) in [7, 11) is 0.